The van der Waals surface area contributed by atoms with Crippen molar-refractivity contribution in [3.05, 3.63) is 59.4 Å². The lowest BCUT2D eigenvalue weighted by molar-refractivity contribution is -0.127. The Morgan fingerprint density at radius 3 is 2.45 bits per heavy atom. The highest BCUT2D eigenvalue weighted by Crippen LogP contribution is 2.42. The van der Waals surface area contributed by atoms with Gasteiger partial charge in [-0.2, -0.15) is 0 Å². The van der Waals surface area contributed by atoms with Gasteiger partial charge in [-0.25, -0.2) is 4.79 Å². The van der Waals surface area contributed by atoms with E-state index in [1.165, 1.54) is 32.1 Å². The minimum absolute atomic E-state index is 0.000964. The van der Waals surface area contributed by atoms with Gasteiger partial charge < -0.3 is 15.2 Å². The van der Waals surface area contributed by atoms with Crippen LogP contribution in [0.5, 0.6) is 5.75 Å². The van der Waals surface area contributed by atoms with E-state index in [4.69, 9.17) is 9.84 Å². The molecule has 0 saturated heterocycles. The second-order valence-corrected chi connectivity index (χ2v) is 9.64. The molecule has 0 spiro atoms. The molecule has 2 aromatic rings. The molecule has 1 aromatic heterocycles. The van der Waals surface area contributed by atoms with Crippen molar-refractivity contribution in [2.24, 2.45) is 5.92 Å². The number of nitrogens with one attached hydrogen (secondary N) is 1. The Hall–Kier alpha value is -2.89. The lowest BCUT2D eigenvalue weighted by Gasteiger charge is -2.30. The zero-order valence-corrected chi connectivity index (χ0v) is 19.4. The fraction of sp³-hybridized carbons (Fsp3) is 0.519. The zero-order chi connectivity index (χ0) is 23.3. The minimum Gasteiger partial charge on any atom is -0.492 e. The molecule has 0 bridgehead atoms. The van der Waals surface area contributed by atoms with E-state index in [0.717, 1.165) is 42.6 Å². The van der Waals surface area contributed by atoms with E-state index in [0.29, 0.717) is 12.5 Å². The second kappa shape index (κ2) is 10.4. The molecule has 1 amide bonds. The maximum absolute atomic E-state index is 13.6. The third-order valence-electron chi connectivity index (χ3n) is 7.37. The molecule has 1 aromatic carbocycles. The smallest absolute Gasteiger partial charge is 0.335 e. The number of aromatic nitrogens is 1. The number of nitrogens with zero attached hydrogens (tertiary/aromatic N) is 1. The van der Waals surface area contributed by atoms with Crippen molar-refractivity contribution in [1.82, 2.24) is 10.3 Å². The van der Waals surface area contributed by atoms with Crippen LogP contribution >= 0.6 is 0 Å². The van der Waals surface area contributed by atoms with E-state index in [-0.39, 0.29) is 17.5 Å². The van der Waals surface area contributed by atoms with E-state index >= 15 is 0 Å². The van der Waals surface area contributed by atoms with Gasteiger partial charge in [0.05, 0.1) is 29.8 Å². The number of amides is 1. The van der Waals surface area contributed by atoms with Crippen molar-refractivity contribution in [3.8, 4) is 5.75 Å². The minimum atomic E-state index is -0.957. The van der Waals surface area contributed by atoms with Crippen LogP contribution in [0.2, 0.25) is 0 Å². The molecule has 0 radical (unpaired) electrons. The van der Waals surface area contributed by atoms with Gasteiger partial charge in [-0.1, -0.05) is 44.2 Å². The predicted molar refractivity (Wildman–Crippen MR) is 126 cm³/mol. The van der Waals surface area contributed by atoms with Gasteiger partial charge in [-0.05, 0) is 67.9 Å². The lowest BCUT2D eigenvalue weighted by Crippen LogP contribution is -2.43. The zero-order valence-electron chi connectivity index (χ0n) is 19.4. The van der Waals surface area contributed by atoms with Crippen LogP contribution in [0, 0.1) is 5.92 Å². The highest BCUT2D eigenvalue weighted by Gasteiger charge is 2.43. The molecule has 2 aliphatic rings. The molecular weight excluding hydrogens is 416 g/mol. The average Bonchev–Trinajstić information content (AvgIpc) is 3.35. The van der Waals surface area contributed by atoms with Gasteiger partial charge in [0.2, 0.25) is 5.91 Å². The summed E-state index contributed by atoms with van der Waals surface area (Å²) >= 11 is 0. The highest BCUT2D eigenvalue weighted by atomic mass is 16.5. The predicted octanol–water partition coefficient (Wildman–Crippen LogP) is 5.43. The lowest BCUT2D eigenvalue weighted by atomic mass is 9.78. The number of carbonyl (C=O) groups is 2. The summed E-state index contributed by atoms with van der Waals surface area (Å²) in [6, 6.07) is 8.45. The molecule has 33 heavy (non-hydrogen) atoms. The van der Waals surface area contributed by atoms with Crippen LogP contribution in [0.15, 0.2) is 42.7 Å². The number of rotatable bonds is 8. The number of carboxylic acid groups (broad SMARTS) is 1. The Morgan fingerprint density at radius 2 is 1.79 bits per heavy atom. The van der Waals surface area contributed by atoms with Gasteiger partial charge in [0.25, 0.3) is 0 Å². The molecule has 2 fully saturated rings. The summed E-state index contributed by atoms with van der Waals surface area (Å²) < 4.78 is 6.11. The summed E-state index contributed by atoms with van der Waals surface area (Å²) in [6.45, 7) is 2.64. The fourth-order valence-electron chi connectivity index (χ4n) is 5.29. The summed E-state index contributed by atoms with van der Waals surface area (Å²) in [5, 5.41) is 12.3. The standard InChI is InChI=1S/C27H34N2O4/c1-19(21-9-11-22(12-10-21)25(30)31)29-26(32)27(13-5-6-14-27)23-15-24(17-28-16-23)33-18-20-7-3-2-4-8-20/h9-12,15-17,19-20H,2-8,13-14,18H2,1H3,(H,29,32)(H,30,31)/t19-/m0/s1. The van der Waals surface area contributed by atoms with Crippen LogP contribution in [0.25, 0.3) is 0 Å². The Balaban J connectivity index is 1.47. The molecule has 1 atom stereocenters. The van der Waals surface area contributed by atoms with Crippen molar-refractivity contribution < 1.29 is 19.4 Å². The first-order chi connectivity index (χ1) is 16.0. The number of pyridine rings is 1. The number of aromatic carboxylic acids is 1. The number of hydrogen-bond donors (Lipinski definition) is 2. The number of carbonyl (C=O) groups excluding carboxylic acids is 1. The Kier molecular flexibility index (Phi) is 7.31. The van der Waals surface area contributed by atoms with Crippen LogP contribution in [0.4, 0.5) is 0 Å². The van der Waals surface area contributed by atoms with Crippen LogP contribution < -0.4 is 10.1 Å². The van der Waals surface area contributed by atoms with Gasteiger partial charge in [0, 0.05) is 6.20 Å². The normalized spacial score (nSPS) is 19.1. The van der Waals surface area contributed by atoms with Crippen molar-refractivity contribution in [2.75, 3.05) is 6.61 Å². The van der Waals surface area contributed by atoms with E-state index in [1.54, 1.807) is 30.5 Å². The average molecular weight is 451 g/mol. The highest BCUT2D eigenvalue weighted by molar-refractivity contribution is 5.89. The molecule has 0 aliphatic heterocycles. The molecule has 0 unspecified atom stereocenters. The summed E-state index contributed by atoms with van der Waals surface area (Å²) in [5.74, 6) is 0.399. The van der Waals surface area contributed by atoms with Gasteiger partial charge >= 0.3 is 5.97 Å². The van der Waals surface area contributed by atoms with E-state index < -0.39 is 11.4 Å². The molecule has 2 saturated carbocycles. The monoisotopic (exact) mass is 450 g/mol. The molecule has 4 rings (SSSR count). The van der Waals surface area contributed by atoms with Crippen LogP contribution in [0.1, 0.15) is 92.2 Å². The SMILES string of the molecule is C[C@H](NC(=O)C1(c2cncc(OCC3CCCCC3)c2)CCCC1)c1ccc(C(=O)O)cc1. The van der Waals surface area contributed by atoms with Crippen molar-refractivity contribution in [2.45, 2.75) is 76.2 Å². The maximum Gasteiger partial charge on any atom is 0.335 e. The Bertz CT molecular complexity index is 960. The fourth-order valence-corrected chi connectivity index (χ4v) is 5.29. The molecule has 6 nitrogen and oxygen atoms in total. The molecule has 2 aliphatic carbocycles. The quantitative estimate of drug-likeness (QED) is 0.560. The largest absolute Gasteiger partial charge is 0.492 e. The number of carboxylic acids is 1. The topological polar surface area (TPSA) is 88.5 Å². The first kappa shape index (κ1) is 23.3. The summed E-state index contributed by atoms with van der Waals surface area (Å²) in [6.07, 6.45) is 13.5. The van der Waals surface area contributed by atoms with Crippen molar-refractivity contribution in [1.29, 1.82) is 0 Å². The van der Waals surface area contributed by atoms with E-state index in [9.17, 15) is 9.59 Å². The molecule has 1 heterocycles. The third-order valence-corrected chi connectivity index (χ3v) is 7.37. The van der Waals surface area contributed by atoms with E-state index in [1.807, 2.05) is 19.2 Å². The van der Waals surface area contributed by atoms with Gasteiger partial charge in [0.1, 0.15) is 5.75 Å². The number of benzene rings is 1. The second-order valence-electron chi connectivity index (χ2n) is 9.64. The first-order valence-corrected chi connectivity index (χ1v) is 12.2. The molecular formula is C27H34N2O4. The van der Waals surface area contributed by atoms with Crippen LogP contribution in [0.3, 0.4) is 0 Å². The van der Waals surface area contributed by atoms with Crippen LogP contribution in [-0.4, -0.2) is 28.6 Å². The number of ether oxygens (including phenoxy) is 1. The van der Waals surface area contributed by atoms with Crippen LogP contribution in [-0.2, 0) is 10.2 Å². The van der Waals surface area contributed by atoms with Gasteiger partial charge in [-0.3, -0.25) is 9.78 Å². The molecule has 2 N–H and O–H groups in total. The van der Waals surface area contributed by atoms with E-state index in [2.05, 4.69) is 10.3 Å². The molecule has 6 heteroatoms. The summed E-state index contributed by atoms with van der Waals surface area (Å²) in [4.78, 5) is 29.1. The number of hydrogen-bond acceptors (Lipinski definition) is 4. The van der Waals surface area contributed by atoms with Gasteiger partial charge in [-0.15, -0.1) is 0 Å². The van der Waals surface area contributed by atoms with Crippen molar-refractivity contribution >= 4 is 11.9 Å². The Morgan fingerprint density at radius 1 is 1.09 bits per heavy atom. The molecule has 176 valence electrons. The van der Waals surface area contributed by atoms with Gasteiger partial charge in [0.15, 0.2) is 0 Å². The summed E-state index contributed by atoms with van der Waals surface area (Å²) in [5.41, 5.74) is 1.43. The first-order valence-electron chi connectivity index (χ1n) is 12.2. The van der Waals surface area contributed by atoms with Crippen molar-refractivity contribution in [3.63, 3.8) is 0 Å². The maximum atomic E-state index is 13.6. The summed E-state index contributed by atoms with van der Waals surface area (Å²) in [7, 11) is 0. The Labute approximate surface area is 195 Å². The third kappa shape index (κ3) is 5.37.